The zero-order chi connectivity index (χ0) is 14.7. The van der Waals surface area contributed by atoms with Crippen LogP contribution in [0.25, 0.3) is 0 Å². The fourth-order valence-electron chi connectivity index (χ4n) is 1.55. The van der Waals surface area contributed by atoms with Gasteiger partial charge in [-0.05, 0) is 26.3 Å². The van der Waals surface area contributed by atoms with Crippen LogP contribution in [0.3, 0.4) is 0 Å². The molecule has 0 aliphatic carbocycles. The van der Waals surface area contributed by atoms with Crippen molar-refractivity contribution in [1.29, 1.82) is 0 Å². The molecule has 0 saturated heterocycles. The molecule has 1 aromatic rings. The molecule has 1 rings (SSSR count). The first kappa shape index (κ1) is 15.2. The number of benzene rings is 1. The van der Waals surface area contributed by atoms with Gasteiger partial charge in [0.25, 0.3) is 0 Å². The van der Waals surface area contributed by atoms with Gasteiger partial charge in [0.15, 0.2) is 5.54 Å². The molecule has 0 spiro atoms. The van der Waals surface area contributed by atoms with Gasteiger partial charge in [0, 0.05) is 6.42 Å². The third-order valence-corrected chi connectivity index (χ3v) is 2.53. The number of rotatable bonds is 4. The molecule has 0 bridgehead atoms. The van der Waals surface area contributed by atoms with Gasteiger partial charge in [0.1, 0.15) is 5.60 Å². The Kier molecular flexibility index (Phi) is 4.32. The van der Waals surface area contributed by atoms with Crippen LogP contribution in [0, 0.1) is 0 Å². The Morgan fingerprint density at radius 1 is 1.16 bits per heavy atom. The second-order valence-corrected chi connectivity index (χ2v) is 5.50. The summed E-state index contributed by atoms with van der Waals surface area (Å²) in [5, 5.41) is 0. The average Bonchev–Trinajstić information content (AvgIpc) is 2.27. The standard InChI is InChI=1S/C14H20N2O3/c1-13(2,3)19-12(18)14(16,11(15)17)9-10-7-5-4-6-8-10/h4-8H,9,16H2,1-3H3,(H2,15,17). The third kappa shape index (κ3) is 4.06. The summed E-state index contributed by atoms with van der Waals surface area (Å²) in [4.78, 5) is 23.6. The van der Waals surface area contributed by atoms with Crippen LogP contribution in [0.15, 0.2) is 30.3 Å². The molecule has 1 unspecified atom stereocenters. The van der Waals surface area contributed by atoms with Gasteiger partial charge in [-0.25, -0.2) is 4.79 Å². The van der Waals surface area contributed by atoms with E-state index in [1.807, 2.05) is 6.07 Å². The molecular weight excluding hydrogens is 244 g/mol. The lowest BCUT2D eigenvalue weighted by Gasteiger charge is -2.28. The van der Waals surface area contributed by atoms with Crippen molar-refractivity contribution >= 4 is 11.9 Å². The summed E-state index contributed by atoms with van der Waals surface area (Å²) in [6.07, 6.45) is 0.0120. The molecular formula is C14H20N2O3. The van der Waals surface area contributed by atoms with Crippen molar-refractivity contribution in [3.63, 3.8) is 0 Å². The summed E-state index contributed by atoms with van der Waals surface area (Å²) in [7, 11) is 0. The Hall–Kier alpha value is -1.88. The van der Waals surface area contributed by atoms with Crippen molar-refractivity contribution in [1.82, 2.24) is 0 Å². The number of amides is 1. The number of carbonyl (C=O) groups is 2. The van der Waals surface area contributed by atoms with E-state index >= 15 is 0 Å². The Labute approximate surface area is 112 Å². The Morgan fingerprint density at radius 2 is 1.68 bits per heavy atom. The minimum absolute atomic E-state index is 0.0120. The minimum Gasteiger partial charge on any atom is -0.458 e. The van der Waals surface area contributed by atoms with Gasteiger partial charge in [-0.1, -0.05) is 30.3 Å². The van der Waals surface area contributed by atoms with E-state index in [1.54, 1.807) is 45.0 Å². The van der Waals surface area contributed by atoms with Gasteiger partial charge in [0.05, 0.1) is 0 Å². The van der Waals surface area contributed by atoms with E-state index in [2.05, 4.69) is 0 Å². The van der Waals surface area contributed by atoms with Gasteiger partial charge < -0.3 is 16.2 Å². The number of carbonyl (C=O) groups excluding carboxylic acids is 2. The van der Waals surface area contributed by atoms with E-state index in [4.69, 9.17) is 16.2 Å². The second kappa shape index (κ2) is 5.40. The maximum Gasteiger partial charge on any atom is 0.336 e. The monoisotopic (exact) mass is 264 g/mol. The Bertz CT molecular complexity index is 465. The lowest BCUT2D eigenvalue weighted by atomic mass is 9.91. The number of primary amides is 1. The van der Waals surface area contributed by atoms with Crippen molar-refractivity contribution < 1.29 is 14.3 Å². The first-order valence-corrected chi connectivity index (χ1v) is 6.01. The molecule has 1 atom stereocenters. The largest absolute Gasteiger partial charge is 0.458 e. The van der Waals surface area contributed by atoms with E-state index in [1.165, 1.54) is 0 Å². The SMILES string of the molecule is CC(C)(C)OC(=O)C(N)(Cc1ccccc1)C(N)=O. The van der Waals surface area contributed by atoms with E-state index < -0.39 is 23.0 Å². The highest BCUT2D eigenvalue weighted by atomic mass is 16.6. The third-order valence-electron chi connectivity index (χ3n) is 2.53. The maximum atomic E-state index is 12.1. The zero-order valence-electron chi connectivity index (χ0n) is 11.5. The molecule has 0 aliphatic rings. The molecule has 0 aromatic heterocycles. The average molecular weight is 264 g/mol. The Morgan fingerprint density at radius 3 is 2.11 bits per heavy atom. The second-order valence-electron chi connectivity index (χ2n) is 5.50. The van der Waals surface area contributed by atoms with Crippen LogP contribution in [0.4, 0.5) is 0 Å². The molecule has 0 radical (unpaired) electrons. The zero-order valence-corrected chi connectivity index (χ0v) is 11.5. The van der Waals surface area contributed by atoms with Crippen molar-refractivity contribution in [3.8, 4) is 0 Å². The predicted octanol–water partition coefficient (Wildman–Crippen LogP) is 0.754. The van der Waals surface area contributed by atoms with Crippen molar-refractivity contribution in [2.24, 2.45) is 11.5 Å². The van der Waals surface area contributed by atoms with Crippen LogP contribution in [-0.2, 0) is 20.7 Å². The highest BCUT2D eigenvalue weighted by molar-refractivity contribution is 6.06. The molecule has 0 saturated carbocycles. The molecule has 5 heteroatoms. The summed E-state index contributed by atoms with van der Waals surface area (Å²) in [5.74, 6) is -1.71. The fourth-order valence-corrected chi connectivity index (χ4v) is 1.55. The normalized spacial score (nSPS) is 14.5. The van der Waals surface area contributed by atoms with Gasteiger partial charge in [-0.15, -0.1) is 0 Å². The minimum atomic E-state index is -1.85. The first-order valence-electron chi connectivity index (χ1n) is 6.01. The molecule has 0 heterocycles. The van der Waals surface area contributed by atoms with E-state index in [0.29, 0.717) is 0 Å². The van der Waals surface area contributed by atoms with Crippen molar-refractivity contribution in [2.75, 3.05) is 0 Å². The van der Waals surface area contributed by atoms with Crippen molar-refractivity contribution in [3.05, 3.63) is 35.9 Å². The number of esters is 1. The maximum absolute atomic E-state index is 12.1. The smallest absolute Gasteiger partial charge is 0.336 e. The van der Waals surface area contributed by atoms with Crippen LogP contribution in [0.1, 0.15) is 26.3 Å². The molecule has 1 aromatic carbocycles. The lowest BCUT2D eigenvalue weighted by molar-refractivity contribution is -0.163. The lowest BCUT2D eigenvalue weighted by Crippen LogP contribution is -2.61. The van der Waals surface area contributed by atoms with E-state index in [0.717, 1.165) is 5.56 Å². The first-order chi connectivity index (χ1) is 8.65. The topological polar surface area (TPSA) is 95.4 Å². The number of hydrogen-bond donors (Lipinski definition) is 2. The quantitative estimate of drug-likeness (QED) is 0.619. The van der Waals surface area contributed by atoms with Crippen LogP contribution in [0.2, 0.25) is 0 Å². The van der Waals surface area contributed by atoms with Gasteiger partial charge in [-0.2, -0.15) is 0 Å². The summed E-state index contributed by atoms with van der Waals surface area (Å²) in [6.45, 7) is 5.11. The predicted molar refractivity (Wildman–Crippen MR) is 72.1 cm³/mol. The van der Waals surface area contributed by atoms with E-state index in [-0.39, 0.29) is 6.42 Å². The van der Waals surface area contributed by atoms with Crippen LogP contribution < -0.4 is 11.5 Å². The molecule has 104 valence electrons. The van der Waals surface area contributed by atoms with Crippen molar-refractivity contribution in [2.45, 2.75) is 38.3 Å². The highest BCUT2D eigenvalue weighted by Gasteiger charge is 2.43. The molecule has 5 nitrogen and oxygen atoms in total. The summed E-state index contributed by atoms with van der Waals surface area (Å²) in [5.41, 5.74) is 9.31. The molecule has 19 heavy (non-hydrogen) atoms. The summed E-state index contributed by atoms with van der Waals surface area (Å²) in [6, 6.07) is 8.97. The number of hydrogen-bond acceptors (Lipinski definition) is 4. The molecule has 1 amide bonds. The van der Waals surface area contributed by atoms with E-state index in [9.17, 15) is 9.59 Å². The number of ether oxygens (including phenoxy) is 1. The number of nitrogens with two attached hydrogens (primary N) is 2. The summed E-state index contributed by atoms with van der Waals surface area (Å²) >= 11 is 0. The van der Waals surface area contributed by atoms with Crippen LogP contribution in [0.5, 0.6) is 0 Å². The molecule has 0 fully saturated rings. The van der Waals surface area contributed by atoms with Crippen LogP contribution in [-0.4, -0.2) is 23.0 Å². The highest BCUT2D eigenvalue weighted by Crippen LogP contribution is 2.17. The molecule has 4 N–H and O–H groups in total. The van der Waals surface area contributed by atoms with Gasteiger partial charge in [0.2, 0.25) is 5.91 Å². The van der Waals surface area contributed by atoms with Gasteiger partial charge in [-0.3, -0.25) is 4.79 Å². The fraction of sp³-hybridized carbons (Fsp3) is 0.429. The Balaban J connectivity index is 2.98. The summed E-state index contributed by atoms with van der Waals surface area (Å²) < 4.78 is 5.17. The van der Waals surface area contributed by atoms with Crippen LogP contribution >= 0.6 is 0 Å². The molecule has 0 aliphatic heterocycles. The van der Waals surface area contributed by atoms with Gasteiger partial charge >= 0.3 is 5.97 Å².